The van der Waals surface area contributed by atoms with Crippen molar-refractivity contribution in [3.05, 3.63) is 35.0 Å². The molecule has 0 aliphatic carbocycles. The lowest BCUT2D eigenvalue weighted by molar-refractivity contribution is -0.141. The van der Waals surface area contributed by atoms with E-state index in [0.29, 0.717) is 10.3 Å². The zero-order chi connectivity index (χ0) is 15.6. The lowest BCUT2D eigenvalue weighted by Crippen LogP contribution is -2.41. The third-order valence-corrected chi connectivity index (χ3v) is 3.98. The summed E-state index contributed by atoms with van der Waals surface area (Å²) in [5.74, 6) is -1.95. The number of aliphatic carboxylic acids is 1. The first-order valence-corrected chi connectivity index (χ1v) is 7.00. The lowest BCUT2D eigenvalue weighted by atomic mass is 10.0. The molecule has 0 aliphatic rings. The van der Waals surface area contributed by atoms with Crippen LogP contribution in [0.5, 0.6) is 0 Å². The van der Waals surface area contributed by atoms with E-state index in [1.807, 2.05) is 0 Å². The van der Waals surface area contributed by atoms with Crippen molar-refractivity contribution in [2.75, 3.05) is 6.54 Å². The number of hydrogen-bond acceptors (Lipinski definition) is 4. The number of thiophene rings is 1. The van der Waals surface area contributed by atoms with Crippen molar-refractivity contribution in [1.82, 2.24) is 5.32 Å². The standard InChI is InChI=1S/C14H14FNO4S/c1-14(20,6-12(17)18)7-16-13(19)11-5-8-4-9(15)2-3-10(8)21-11/h2-5,20H,6-7H2,1H3,(H,16,19)(H,17,18). The first-order valence-electron chi connectivity index (χ1n) is 6.18. The molecule has 2 aromatic rings. The largest absolute Gasteiger partial charge is 0.481 e. The smallest absolute Gasteiger partial charge is 0.306 e. The van der Waals surface area contributed by atoms with Gasteiger partial charge >= 0.3 is 5.97 Å². The molecule has 1 aromatic heterocycles. The van der Waals surface area contributed by atoms with Gasteiger partial charge in [0.25, 0.3) is 5.91 Å². The minimum Gasteiger partial charge on any atom is -0.481 e. The predicted octanol–water partition coefficient (Wildman–Crippen LogP) is 2.00. The number of benzene rings is 1. The van der Waals surface area contributed by atoms with E-state index in [4.69, 9.17) is 5.11 Å². The number of halogens is 1. The maximum absolute atomic E-state index is 13.1. The summed E-state index contributed by atoms with van der Waals surface area (Å²) in [6, 6.07) is 5.80. The molecule has 0 bridgehead atoms. The van der Waals surface area contributed by atoms with Gasteiger partial charge in [0.2, 0.25) is 0 Å². The molecule has 0 fully saturated rings. The van der Waals surface area contributed by atoms with Crippen molar-refractivity contribution in [3.8, 4) is 0 Å². The monoisotopic (exact) mass is 311 g/mol. The van der Waals surface area contributed by atoms with Gasteiger partial charge in [0.05, 0.1) is 16.9 Å². The Hall–Kier alpha value is -1.99. The third-order valence-electron chi connectivity index (χ3n) is 2.86. The molecule has 5 nitrogen and oxygen atoms in total. The van der Waals surface area contributed by atoms with Gasteiger partial charge in [-0.15, -0.1) is 11.3 Å². The van der Waals surface area contributed by atoms with Crippen molar-refractivity contribution in [2.24, 2.45) is 0 Å². The van der Waals surface area contributed by atoms with Crippen molar-refractivity contribution < 1.29 is 24.2 Å². The van der Waals surface area contributed by atoms with Gasteiger partial charge in [0.15, 0.2) is 0 Å². The van der Waals surface area contributed by atoms with E-state index in [1.54, 1.807) is 12.1 Å². The highest BCUT2D eigenvalue weighted by atomic mass is 32.1. The summed E-state index contributed by atoms with van der Waals surface area (Å²) >= 11 is 1.20. The van der Waals surface area contributed by atoms with Gasteiger partial charge in [-0.05, 0) is 36.6 Å². The van der Waals surface area contributed by atoms with E-state index in [2.05, 4.69) is 5.32 Å². The zero-order valence-corrected chi connectivity index (χ0v) is 12.0. The highest BCUT2D eigenvalue weighted by Crippen LogP contribution is 2.26. The average Bonchev–Trinajstić information content (AvgIpc) is 2.77. The number of fused-ring (bicyclic) bond motifs is 1. The van der Waals surface area contributed by atoms with Crippen LogP contribution in [-0.2, 0) is 4.79 Å². The molecular weight excluding hydrogens is 297 g/mol. The number of carbonyl (C=O) groups excluding carboxylic acids is 1. The van der Waals surface area contributed by atoms with Crippen LogP contribution < -0.4 is 5.32 Å². The molecule has 112 valence electrons. The van der Waals surface area contributed by atoms with Gasteiger partial charge in [-0.2, -0.15) is 0 Å². The summed E-state index contributed by atoms with van der Waals surface area (Å²) in [5, 5.41) is 21.6. The fourth-order valence-electron chi connectivity index (χ4n) is 1.87. The Kier molecular flexibility index (Phi) is 4.24. The number of carboxylic acid groups (broad SMARTS) is 1. The molecule has 0 saturated carbocycles. The zero-order valence-electron chi connectivity index (χ0n) is 11.2. The van der Waals surface area contributed by atoms with E-state index in [1.165, 1.54) is 30.4 Å². The Bertz CT molecular complexity index is 695. The van der Waals surface area contributed by atoms with Gasteiger partial charge < -0.3 is 15.5 Å². The van der Waals surface area contributed by atoms with E-state index >= 15 is 0 Å². The van der Waals surface area contributed by atoms with E-state index in [0.717, 1.165) is 4.70 Å². The SMILES string of the molecule is CC(O)(CNC(=O)c1cc2cc(F)ccc2s1)CC(=O)O. The molecule has 0 spiro atoms. The highest BCUT2D eigenvalue weighted by Gasteiger charge is 2.25. The molecule has 0 saturated heterocycles. The molecule has 1 amide bonds. The first kappa shape index (κ1) is 15.4. The van der Waals surface area contributed by atoms with Crippen molar-refractivity contribution in [1.29, 1.82) is 0 Å². The number of hydrogen-bond donors (Lipinski definition) is 3. The summed E-state index contributed by atoms with van der Waals surface area (Å²) in [4.78, 5) is 22.9. The van der Waals surface area contributed by atoms with Crippen molar-refractivity contribution in [2.45, 2.75) is 18.9 Å². The molecule has 1 heterocycles. The van der Waals surface area contributed by atoms with Crippen LogP contribution in [-0.4, -0.2) is 34.2 Å². The molecule has 7 heteroatoms. The summed E-state index contributed by atoms with van der Waals surface area (Å²) in [6.45, 7) is 1.16. The lowest BCUT2D eigenvalue weighted by Gasteiger charge is -2.21. The Morgan fingerprint density at radius 3 is 2.76 bits per heavy atom. The number of carbonyl (C=O) groups is 2. The fraction of sp³-hybridized carbons (Fsp3) is 0.286. The second-order valence-electron chi connectivity index (χ2n) is 5.04. The number of nitrogens with one attached hydrogen (secondary N) is 1. The van der Waals surface area contributed by atoms with Gasteiger partial charge in [-0.25, -0.2) is 4.39 Å². The molecule has 3 N–H and O–H groups in total. The van der Waals surface area contributed by atoms with E-state index in [9.17, 15) is 19.1 Å². The maximum Gasteiger partial charge on any atom is 0.306 e. The second kappa shape index (κ2) is 5.79. The molecule has 1 atom stereocenters. The van der Waals surface area contributed by atoms with Crippen LogP contribution >= 0.6 is 11.3 Å². The summed E-state index contributed by atoms with van der Waals surface area (Å²) in [6.07, 6.45) is -0.467. The van der Waals surface area contributed by atoms with Crippen LogP contribution in [0.1, 0.15) is 23.0 Å². The average molecular weight is 311 g/mol. The minimum atomic E-state index is -1.52. The van der Waals surface area contributed by atoms with Gasteiger partial charge in [0, 0.05) is 11.2 Å². The number of aliphatic hydroxyl groups is 1. The molecule has 21 heavy (non-hydrogen) atoms. The molecule has 0 radical (unpaired) electrons. The van der Waals surface area contributed by atoms with Gasteiger partial charge in [0.1, 0.15) is 5.82 Å². The Morgan fingerprint density at radius 1 is 1.38 bits per heavy atom. The van der Waals surface area contributed by atoms with Crippen LogP contribution in [0.25, 0.3) is 10.1 Å². The third kappa shape index (κ3) is 3.99. The Labute approximate surface area is 124 Å². The van der Waals surface area contributed by atoms with E-state index in [-0.39, 0.29) is 12.4 Å². The summed E-state index contributed by atoms with van der Waals surface area (Å²) in [5.41, 5.74) is -1.52. The van der Waals surface area contributed by atoms with Crippen LogP contribution in [0.3, 0.4) is 0 Å². The Balaban J connectivity index is 2.07. The first-order chi connectivity index (χ1) is 9.77. The van der Waals surface area contributed by atoms with Crippen molar-refractivity contribution >= 4 is 33.3 Å². The summed E-state index contributed by atoms with van der Waals surface area (Å²) < 4.78 is 13.9. The quantitative estimate of drug-likeness (QED) is 0.788. The Morgan fingerprint density at radius 2 is 2.10 bits per heavy atom. The molecular formula is C14H14FNO4S. The number of rotatable bonds is 5. The van der Waals surface area contributed by atoms with Crippen LogP contribution in [0, 0.1) is 5.82 Å². The predicted molar refractivity (Wildman–Crippen MR) is 77.0 cm³/mol. The number of amides is 1. The minimum absolute atomic E-state index is 0.180. The number of carboxylic acids is 1. The molecule has 1 aromatic carbocycles. The van der Waals surface area contributed by atoms with Crippen LogP contribution in [0.2, 0.25) is 0 Å². The highest BCUT2D eigenvalue weighted by molar-refractivity contribution is 7.20. The molecule has 0 aliphatic heterocycles. The molecule has 2 rings (SSSR count). The fourth-order valence-corrected chi connectivity index (χ4v) is 2.83. The van der Waals surface area contributed by atoms with E-state index < -0.39 is 23.9 Å². The maximum atomic E-state index is 13.1. The van der Waals surface area contributed by atoms with Crippen LogP contribution in [0.15, 0.2) is 24.3 Å². The van der Waals surface area contributed by atoms with Gasteiger partial charge in [-0.3, -0.25) is 9.59 Å². The molecule has 1 unspecified atom stereocenters. The van der Waals surface area contributed by atoms with Crippen LogP contribution in [0.4, 0.5) is 4.39 Å². The topological polar surface area (TPSA) is 86.6 Å². The summed E-state index contributed by atoms with van der Waals surface area (Å²) in [7, 11) is 0. The second-order valence-corrected chi connectivity index (χ2v) is 6.13. The van der Waals surface area contributed by atoms with Crippen molar-refractivity contribution in [3.63, 3.8) is 0 Å². The normalized spacial score (nSPS) is 13.9. The van der Waals surface area contributed by atoms with Gasteiger partial charge in [-0.1, -0.05) is 0 Å².